The molecule has 0 spiro atoms. The van der Waals surface area contributed by atoms with Gasteiger partial charge < -0.3 is 10.6 Å². The van der Waals surface area contributed by atoms with E-state index in [1.807, 2.05) is 13.8 Å². The first-order valence-corrected chi connectivity index (χ1v) is 6.00. The van der Waals surface area contributed by atoms with Crippen molar-refractivity contribution in [3.63, 3.8) is 0 Å². The highest BCUT2D eigenvalue weighted by Gasteiger charge is 2.18. The van der Waals surface area contributed by atoms with Crippen LogP contribution in [0.3, 0.4) is 0 Å². The molecule has 6 heteroatoms. The summed E-state index contributed by atoms with van der Waals surface area (Å²) < 4.78 is 39.1. The summed E-state index contributed by atoms with van der Waals surface area (Å²) in [4.78, 5) is 11.7. The number of hydrogen-bond donors (Lipinski definition) is 2. The minimum Gasteiger partial charge on any atom is -0.371 e. The lowest BCUT2D eigenvalue weighted by atomic mass is 10.2. The normalized spacial score (nSPS) is 12.4. The van der Waals surface area contributed by atoms with E-state index in [-0.39, 0.29) is 17.5 Å². The molecule has 0 aliphatic rings. The fraction of sp³-hybridized carbons (Fsp3) is 0.462. The van der Waals surface area contributed by atoms with E-state index in [1.54, 1.807) is 0 Å². The molecule has 1 aromatic carbocycles. The predicted octanol–water partition coefficient (Wildman–Crippen LogP) is 2.68. The summed E-state index contributed by atoms with van der Waals surface area (Å²) in [6, 6.07) is 1.11. The minimum absolute atomic E-state index is 0.244. The Kier molecular flexibility index (Phi) is 5.20. The van der Waals surface area contributed by atoms with Crippen LogP contribution in [-0.4, -0.2) is 18.5 Å². The van der Waals surface area contributed by atoms with E-state index >= 15 is 0 Å². The molecular formula is C13H17F3N2O. The van der Waals surface area contributed by atoms with Crippen molar-refractivity contribution in [3.8, 4) is 0 Å². The Labute approximate surface area is 110 Å². The van der Waals surface area contributed by atoms with Crippen molar-refractivity contribution in [1.29, 1.82) is 0 Å². The first kappa shape index (κ1) is 15.3. The van der Waals surface area contributed by atoms with Gasteiger partial charge in [0.25, 0.3) is 0 Å². The third-order valence-electron chi connectivity index (χ3n) is 2.49. The highest BCUT2D eigenvalue weighted by atomic mass is 19.2. The molecule has 0 aliphatic carbocycles. The SMILES string of the molecule is CC(C)CNC(=O)C(C)Nc1ccc(F)c(F)c1F. The van der Waals surface area contributed by atoms with Gasteiger partial charge in [-0.25, -0.2) is 13.2 Å². The molecule has 3 nitrogen and oxygen atoms in total. The third-order valence-corrected chi connectivity index (χ3v) is 2.49. The van der Waals surface area contributed by atoms with Gasteiger partial charge in [0.1, 0.15) is 6.04 Å². The number of nitrogens with one attached hydrogen (secondary N) is 2. The predicted molar refractivity (Wildman–Crippen MR) is 67.2 cm³/mol. The summed E-state index contributed by atoms with van der Waals surface area (Å²) in [7, 11) is 0. The van der Waals surface area contributed by atoms with Gasteiger partial charge in [0.05, 0.1) is 5.69 Å². The Hall–Kier alpha value is -1.72. The van der Waals surface area contributed by atoms with Gasteiger partial charge in [0.2, 0.25) is 5.91 Å². The second kappa shape index (κ2) is 6.45. The zero-order valence-corrected chi connectivity index (χ0v) is 11.1. The van der Waals surface area contributed by atoms with Crippen molar-refractivity contribution in [2.45, 2.75) is 26.8 Å². The van der Waals surface area contributed by atoms with Gasteiger partial charge in [-0.2, -0.15) is 0 Å². The molecule has 106 valence electrons. The maximum Gasteiger partial charge on any atom is 0.242 e. The molecule has 0 bridgehead atoms. The van der Waals surface area contributed by atoms with Gasteiger partial charge in [0, 0.05) is 6.54 Å². The molecule has 0 saturated carbocycles. The van der Waals surface area contributed by atoms with Crippen LogP contribution in [0.15, 0.2) is 12.1 Å². The molecule has 1 amide bonds. The fourth-order valence-electron chi connectivity index (χ4n) is 1.39. The quantitative estimate of drug-likeness (QED) is 0.810. The highest BCUT2D eigenvalue weighted by molar-refractivity contribution is 5.84. The lowest BCUT2D eigenvalue weighted by Gasteiger charge is -2.16. The molecule has 0 aromatic heterocycles. The van der Waals surface area contributed by atoms with Crippen LogP contribution in [-0.2, 0) is 4.79 Å². The zero-order chi connectivity index (χ0) is 14.6. The second-order valence-corrected chi connectivity index (χ2v) is 4.73. The van der Waals surface area contributed by atoms with E-state index < -0.39 is 23.5 Å². The zero-order valence-electron chi connectivity index (χ0n) is 11.1. The summed E-state index contributed by atoms with van der Waals surface area (Å²) in [6.07, 6.45) is 0. The molecular weight excluding hydrogens is 257 g/mol. The fourth-order valence-corrected chi connectivity index (χ4v) is 1.39. The van der Waals surface area contributed by atoms with Crippen molar-refractivity contribution in [3.05, 3.63) is 29.6 Å². The van der Waals surface area contributed by atoms with Crippen molar-refractivity contribution in [2.24, 2.45) is 5.92 Å². The van der Waals surface area contributed by atoms with E-state index in [1.165, 1.54) is 6.92 Å². The van der Waals surface area contributed by atoms with Crippen LogP contribution in [0.2, 0.25) is 0 Å². The van der Waals surface area contributed by atoms with Crippen LogP contribution in [0.1, 0.15) is 20.8 Å². The summed E-state index contributed by atoms with van der Waals surface area (Å²) in [6.45, 7) is 5.88. The maximum absolute atomic E-state index is 13.4. The van der Waals surface area contributed by atoms with E-state index in [9.17, 15) is 18.0 Å². The summed E-state index contributed by atoms with van der Waals surface area (Å²) >= 11 is 0. The average Bonchev–Trinajstić information content (AvgIpc) is 2.36. The number of rotatable bonds is 5. The number of carbonyl (C=O) groups excluding carboxylic acids is 1. The lowest BCUT2D eigenvalue weighted by molar-refractivity contribution is -0.121. The van der Waals surface area contributed by atoms with Gasteiger partial charge in [-0.1, -0.05) is 13.8 Å². The van der Waals surface area contributed by atoms with Crippen LogP contribution in [0.5, 0.6) is 0 Å². The monoisotopic (exact) mass is 274 g/mol. The van der Waals surface area contributed by atoms with Crippen molar-refractivity contribution >= 4 is 11.6 Å². The van der Waals surface area contributed by atoms with Crippen molar-refractivity contribution in [2.75, 3.05) is 11.9 Å². The number of hydrogen-bond acceptors (Lipinski definition) is 2. The molecule has 0 saturated heterocycles. The van der Waals surface area contributed by atoms with Crippen LogP contribution in [0.25, 0.3) is 0 Å². The largest absolute Gasteiger partial charge is 0.371 e. The Morgan fingerprint density at radius 1 is 1.16 bits per heavy atom. The third kappa shape index (κ3) is 4.15. The van der Waals surface area contributed by atoms with Crippen LogP contribution >= 0.6 is 0 Å². The summed E-state index contributed by atoms with van der Waals surface area (Å²) in [5, 5.41) is 5.16. The summed E-state index contributed by atoms with van der Waals surface area (Å²) in [5.41, 5.74) is -0.244. The lowest BCUT2D eigenvalue weighted by Crippen LogP contribution is -2.39. The van der Waals surface area contributed by atoms with E-state index in [2.05, 4.69) is 10.6 Å². The molecule has 1 aromatic rings. The number of amides is 1. The minimum atomic E-state index is -1.56. The molecule has 2 N–H and O–H groups in total. The Bertz CT molecular complexity index is 463. The average molecular weight is 274 g/mol. The maximum atomic E-state index is 13.4. The van der Waals surface area contributed by atoms with Gasteiger partial charge in [-0.3, -0.25) is 4.79 Å². The number of halogens is 3. The van der Waals surface area contributed by atoms with E-state index in [4.69, 9.17) is 0 Å². The van der Waals surface area contributed by atoms with Crippen LogP contribution in [0.4, 0.5) is 18.9 Å². The molecule has 0 heterocycles. The van der Waals surface area contributed by atoms with Crippen LogP contribution in [0, 0.1) is 23.4 Å². The number of benzene rings is 1. The van der Waals surface area contributed by atoms with Crippen LogP contribution < -0.4 is 10.6 Å². The first-order valence-electron chi connectivity index (χ1n) is 6.00. The molecule has 0 aliphatic heterocycles. The highest BCUT2D eigenvalue weighted by Crippen LogP contribution is 2.20. The van der Waals surface area contributed by atoms with Gasteiger partial charge in [0.15, 0.2) is 17.5 Å². The molecule has 0 fully saturated rings. The standard InChI is InChI=1S/C13H17F3N2O/c1-7(2)6-17-13(19)8(3)18-10-5-4-9(14)11(15)12(10)16/h4-5,7-8,18H,6H2,1-3H3,(H,17,19). The molecule has 0 radical (unpaired) electrons. The molecule has 1 rings (SSSR count). The Balaban J connectivity index is 2.69. The Morgan fingerprint density at radius 2 is 1.79 bits per heavy atom. The Morgan fingerprint density at radius 3 is 2.37 bits per heavy atom. The molecule has 19 heavy (non-hydrogen) atoms. The topological polar surface area (TPSA) is 41.1 Å². The van der Waals surface area contributed by atoms with Gasteiger partial charge in [-0.05, 0) is 25.0 Å². The van der Waals surface area contributed by atoms with Crippen molar-refractivity contribution < 1.29 is 18.0 Å². The second-order valence-electron chi connectivity index (χ2n) is 4.73. The molecule has 1 unspecified atom stereocenters. The molecule has 1 atom stereocenters. The number of anilines is 1. The van der Waals surface area contributed by atoms with E-state index in [0.717, 1.165) is 12.1 Å². The summed E-state index contributed by atoms with van der Waals surface area (Å²) in [5.74, 6) is -4.20. The smallest absolute Gasteiger partial charge is 0.242 e. The van der Waals surface area contributed by atoms with Crippen molar-refractivity contribution in [1.82, 2.24) is 5.32 Å². The number of carbonyl (C=O) groups is 1. The van der Waals surface area contributed by atoms with E-state index in [0.29, 0.717) is 6.54 Å². The first-order chi connectivity index (χ1) is 8.82. The van der Waals surface area contributed by atoms with Gasteiger partial charge >= 0.3 is 0 Å². The van der Waals surface area contributed by atoms with Gasteiger partial charge in [-0.15, -0.1) is 0 Å².